The van der Waals surface area contributed by atoms with E-state index in [0.29, 0.717) is 24.9 Å². The van der Waals surface area contributed by atoms with Gasteiger partial charge in [0.05, 0.1) is 0 Å². The third-order valence-electron chi connectivity index (χ3n) is 6.12. The molecule has 1 aromatic heterocycles. The molecule has 4 rings (SSSR count). The molecular formula is C19H23F3N4O2. The van der Waals surface area contributed by atoms with Gasteiger partial charge < -0.3 is 10.2 Å². The summed E-state index contributed by atoms with van der Waals surface area (Å²) in [6.45, 7) is -0.0851. The second kappa shape index (κ2) is 7.25. The Morgan fingerprint density at radius 2 is 1.96 bits per heavy atom. The van der Waals surface area contributed by atoms with Crippen LogP contribution in [0.25, 0.3) is 0 Å². The molecule has 0 radical (unpaired) electrons. The first-order valence-electron chi connectivity index (χ1n) is 9.67. The van der Waals surface area contributed by atoms with Crippen LogP contribution >= 0.6 is 0 Å². The van der Waals surface area contributed by atoms with Crippen molar-refractivity contribution in [3.8, 4) is 0 Å². The summed E-state index contributed by atoms with van der Waals surface area (Å²) >= 11 is 0. The van der Waals surface area contributed by atoms with Crippen LogP contribution < -0.4 is 5.32 Å². The van der Waals surface area contributed by atoms with Crippen LogP contribution in [-0.2, 0) is 4.79 Å². The Kier molecular flexibility index (Phi) is 4.93. The molecule has 2 fully saturated rings. The van der Waals surface area contributed by atoms with Gasteiger partial charge in [0.15, 0.2) is 0 Å². The Hall–Kier alpha value is -2.32. The zero-order valence-corrected chi connectivity index (χ0v) is 15.3. The van der Waals surface area contributed by atoms with Crippen LogP contribution in [0.2, 0.25) is 0 Å². The van der Waals surface area contributed by atoms with E-state index < -0.39 is 18.6 Å². The van der Waals surface area contributed by atoms with Gasteiger partial charge in [-0.3, -0.25) is 14.7 Å². The number of nitrogens with one attached hydrogen (secondary N) is 2. The molecule has 3 unspecified atom stereocenters. The van der Waals surface area contributed by atoms with Gasteiger partial charge in [0.1, 0.15) is 12.2 Å². The van der Waals surface area contributed by atoms with E-state index in [2.05, 4.69) is 22.3 Å². The third-order valence-corrected chi connectivity index (χ3v) is 6.12. The van der Waals surface area contributed by atoms with Gasteiger partial charge >= 0.3 is 6.18 Å². The van der Waals surface area contributed by atoms with E-state index in [1.807, 2.05) is 10.2 Å². The Morgan fingerprint density at radius 3 is 2.57 bits per heavy atom. The fraction of sp³-hybridized carbons (Fsp3) is 0.632. The van der Waals surface area contributed by atoms with Crippen molar-refractivity contribution < 1.29 is 22.8 Å². The molecule has 3 atom stereocenters. The van der Waals surface area contributed by atoms with Crippen molar-refractivity contribution in [2.75, 3.05) is 19.6 Å². The number of H-pyrrole nitrogens is 1. The molecule has 6 nitrogen and oxygen atoms in total. The summed E-state index contributed by atoms with van der Waals surface area (Å²) in [5.74, 6) is 0.566. The number of aromatic amines is 1. The lowest BCUT2D eigenvalue weighted by Gasteiger charge is -2.34. The smallest absolute Gasteiger partial charge is 0.342 e. The maximum absolute atomic E-state index is 12.8. The highest BCUT2D eigenvalue weighted by atomic mass is 19.4. The van der Waals surface area contributed by atoms with E-state index in [0.717, 1.165) is 31.4 Å². The van der Waals surface area contributed by atoms with Crippen LogP contribution in [-0.4, -0.2) is 52.7 Å². The highest BCUT2D eigenvalue weighted by Gasteiger charge is 2.42. The number of hydrogen-bond donors (Lipinski definition) is 2. The number of alkyl halides is 3. The Morgan fingerprint density at radius 1 is 1.21 bits per heavy atom. The lowest BCUT2D eigenvalue weighted by atomic mass is 9.89. The quantitative estimate of drug-likeness (QED) is 0.768. The molecule has 28 heavy (non-hydrogen) atoms. The van der Waals surface area contributed by atoms with Crippen molar-refractivity contribution in [1.29, 1.82) is 0 Å². The Labute approximate surface area is 160 Å². The van der Waals surface area contributed by atoms with Crippen molar-refractivity contribution in [2.45, 2.75) is 37.8 Å². The van der Waals surface area contributed by atoms with Crippen molar-refractivity contribution in [3.63, 3.8) is 0 Å². The number of hydrogen-bond acceptors (Lipinski definition) is 3. The fourth-order valence-corrected chi connectivity index (χ4v) is 4.64. The molecular weight excluding hydrogens is 373 g/mol. The maximum Gasteiger partial charge on any atom is 0.405 e. The minimum atomic E-state index is -4.46. The molecule has 0 aromatic carbocycles. The van der Waals surface area contributed by atoms with Crippen LogP contribution in [0.5, 0.6) is 0 Å². The standard InChI is InChI=1S/C19H23F3N4O2/c20-19(21,22)10-23-17(27)16-9-15(24-25-16)12-3-5-26(6-4-12)18(28)14-8-11-1-2-13(14)7-11/h1-2,9,11-14H,3-8,10H2,(H,23,27)(H,24,25). The topological polar surface area (TPSA) is 78.1 Å². The number of rotatable bonds is 4. The van der Waals surface area contributed by atoms with Crippen LogP contribution in [0.3, 0.4) is 0 Å². The summed E-state index contributed by atoms with van der Waals surface area (Å²) in [6.07, 6.45) is 3.49. The minimum absolute atomic E-state index is 0.0495. The number of aromatic nitrogens is 2. The summed E-state index contributed by atoms with van der Waals surface area (Å²) in [6, 6.07) is 1.51. The van der Waals surface area contributed by atoms with Gasteiger partial charge in [-0.1, -0.05) is 12.2 Å². The number of likely N-dealkylation sites (tertiary alicyclic amines) is 1. The first-order valence-corrected chi connectivity index (χ1v) is 9.67. The molecule has 3 aliphatic rings. The van der Waals surface area contributed by atoms with Crippen LogP contribution in [0, 0.1) is 17.8 Å². The van der Waals surface area contributed by atoms with Gasteiger partial charge in [0.2, 0.25) is 5.91 Å². The second-order valence-electron chi connectivity index (χ2n) is 7.99. The molecule has 152 valence electrons. The Balaban J connectivity index is 1.29. The average Bonchev–Trinajstić information content (AvgIpc) is 3.41. The summed E-state index contributed by atoms with van der Waals surface area (Å²) < 4.78 is 36.6. The first-order chi connectivity index (χ1) is 13.3. The number of allylic oxidation sites excluding steroid dienone is 2. The van der Waals surface area contributed by atoms with Gasteiger partial charge in [0, 0.05) is 30.6 Å². The minimum Gasteiger partial charge on any atom is -0.342 e. The SMILES string of the molecule is O=C(NCC(F)(F)F)c1cc(C2CCN(C(=O)C3CC4C=CC3C4)CC2)[nH]n1. The third kappa shape index (κ3) is 3.93. The van der Waals surface area contributed by atoms with E-state index in [1.165, 1.54) is 6.07 Å². The van der Waals surface area contributed by atoms with Crippen LogP contribution in [0.4, 0.5) is 13.2 Å². The van der Waals surface area contributed by atoms with Crippen molar-refractivity contribution in [3.05, 3.63) is 29.6 Å². The number of nitrogens with zero attached hydrogens (tertiary/aromatic N) is 2. The predicted octanol–water partition coefficient (Wildman–Crippen LogP) is 2.62. The van der Waals surface area contributed by atoms with E-state index >= 15 is 0 Å². The number of piperidine rings is 1. The van der Waals surface area contributed by atoms with Crippen LogP contribution in [0.1, 0.15) is 47.8 Å². The van der Waals surface area contributed by atoms with Gasteiger partial charge in [-0.2, -0.15) is 18.3 Å². The molecule has 1 aliphatic heterocycles. The van der Waals surface area contributed by atoms with Crippen LogP contribution in [0.15, 0.2) is 18.2 Å². The molecule has 2 heterocycles. The number of carbonyl (C=O) groups is 2. The van der Waals surface area contributed by atoms with Gasteiger partial charge in [-0.05, 0) is 43.6 Å². The number of amides is 2. The monoisotopic (exact) mass is 396 g/mol. The second-order valence-corrected chi connectivity index (χ2v) is 7.99. The molecule has 2 bridgehead atoms. The van der Waals surface area contributed by atoms with Crippen molar-refractivity contribution in [1.82, 2.24) is 20.4 Å². The maximum atomic E-state index is 12.8. The first kappa shape index (κ1) is 19.0. The Bertz CT molecular complexity index is 780. The molecule has 1 saturated heterocycles. The largest absolute Gasteiger partial charge is 0.405 e. The predicted molar refractivity (Wildman–Crippen MR) is 94.4 cm³/mol. The van der Waals surface area contributed by atoms with E-state index in [-0.39, 0.29) is 23.4 Å². The van der Waals surface area contributed by atoms with Gasteiger partial charge in [-0.25, -0.2) is 0 Å². The zero-order valence-electron chi connectivity index (χ0n) is 15.3. The lowest BCUT2D eigenvalue weighted by Crippen LogP contribution is -2.42. The number of fused-ring (bicyclic) bond motifs is 2. The highest BCUT2D eigenvalue weighted by Crippen LogP contribution is 2.44. The van der Waals surface area contributed by atoms with Gasteiger partial charge in [-0.15, -0.1) is 0 Å². The zero-order chi connectivity index (χ0) is 19.9. The summed E-state index contributed by atoms with van der Waals surface area (Å²) in [4.78, 5) is 26.5. The molecule has 2 amide bonds. The molecule has 1 aromatic rings. The molecule has 2 N–H and O–H groups in total. The molecule has 1 saturated carbocycles. The van der Waals surface area contributed by atoms with Crippen molar-refractivity contribution >= 4 is 11.8 Å². The van der Waals surface area contributed by atoms with E-state index in [9.17, 15) is 22.8 Å². The normalized spacial score (nSPS) is 27.4. The highest BCUT2D eigenvalue weighted by molar-refractivity contribution is 5.92. The molecule has 0 spiro atoms. The summed E-state index contributed by atoms with van der Waals surface area (Å²) in [7, 11) is 0. The van der Waals surface area contributed by atoms with Crippen molar-refractivity contribution in [2.24, 2.45) is 17.8 Å². The summed E-state index contributed by atoms with van der Waals surface area (Å²) in [5.41, 5.74) is 0.679. The molecule has 2 aliphatic carbocycles. The van der Waals surface area contributed by atoms with E-state index in [4.69, 9.17) is 0 Å². The van der Waals surface area contributed by atoms with E-state index in [1.54, 1.807) is 0 Å². The fourth-order valence-electron chi connectivity index (χ4n) is 4.64. The number of carbonyl (C=O) groups excluding carboxylic acids is 2. The number of halogens is 3. The molecule has 9 heteroatoms. The lowest BCUT2D eigenvalue weighted by molar-refractivity contribution is -0.137. The van der Waals surface area contributed by atoms with Gasteiger partial charge in [0.25, 0.3) is 5.91 Å². The summed E-state index contributed by atoms with van der Waals surface area (Å²) in [5, 5.41) is 8.43. The average molecular weight is 396 g/mol.